The third kappa shape index (κ3) is 5.00. The average molecular weight is 492 g/mol. The molecule has 2 fully saturated rings. The Balaban J connectivity index is 1.30. The Labute approximate surface area is 198 Å². The fourth-order valence-electron chi connectivity index (χ4n) is 4.31. The highest BCUT2D eigenvalue weighted by Crippen LogP contribution is 2.26. The molecule has 0 aliphatic carbocycles. The number of benzene rings is 2. The lowest BCUT2D eigenvalue weighted by molar-refractivity contribution is -0.138. The first kappa shape index (κ1) is 23.5. The highest BCUT2D eigenvalue weighted by molar-refractivity contribution is 7.89. The highest BCUT2D eigenvalue weighted by Gasteiger charge is 2.35. The molecule has 0 unspecified atom stereocenters. The number of piperazine rings is 1. The molecule has 2 saturated heterocycles. The van der Waals surface area contributed by atoms with Gasteiger partial charge in [-0.1, -0.05) is 23.7 Å². The highest BCUT2D eigenvalue weighted by atomic mass is 35.5. The quantitative estimate of drug-likeness (QED) is 0.708. The second kappa shape index (κ2) is 9.70. The normalized spacial score (nSPS) is 18.3. The summed E-state index contributed by atoms with van der Waals surface area (Å²) in [6.07, 6.45) is 0.922. The number of hydrogen-bond donors (Lipinski definition) is 1. The first-order chi connectivity index (χ1) is 15.8. The first-order valence-corrected chi connectivity index (χ1v) is 12.7. The number of aromatic hydroxyl groups is 1. The number of carbonyl (C=O) groups excluding carboxylic acids is 2. The van der Waals surface area contributed by atoms with Crippen LogP contribution in [0.2, 0.25) is 5.02 Å². The molecule has 2 aliphatic rings. The Hall–Kier alpha value is -2.62. The lowest BCUT2D eigenvalue weighted by atomic mass is 9.96. The molecule has 10 heteroatoms. The van der Waals surface area contributed by atoms with E-state index in [-0.39, 0.29) is 47.0 Å². The Morgan fingerprint density at radius 2 is 1.42 bits per heavy atom. The van der Waals surface area contributed by atoms with Gasteiger partial charge in [0, 0.05) is 50.2 Å². The zero-order chi connectivity index (χ0) is 23.6. The van der Waals surface area contributed by atoms with Gasteiger partial charge in [0.05, 0.1) is 10.5 Å². The molecule has 0 spiro atoms. The van der Waals surface area contributed by atoms with E-state index in [1.54, 1.807) is 40.1 Å². The van der Waals surface area contributed by atoms with Crippen molar-refractivity contribution in [3.8, 4) is 5.75 Å². The van der Waals surface area contributed by atoms with Gasteiger partial charge in [0.25, 0.3) is 5.91 Å². The van der Waals surface area contributed by atoms with Gasteiger partial charge in [-0.05, 0) is 49.2 Å². The smallest absolute Gasteiger partial charge is 0.257 e. The van der Waals surface area contributed by atoms with E-state index >= 15 is 0 Å². The molecule has 2 amide bonds. The molecule has 33 heavy (non-hydrogen) atoms. The molecule has 2 aromatic rings. The van der Waals surface area contributed by atoms with Crippen LogP contribution in [0, 0.1) is 5.92 Å². The van der Waals surface area contributed by atoms with Crippen LogP contribution in [0.4, 0.5) is 0 Å². The number of halogens is 1. The summed E-state index contributed by atoms with van der Waals surface area (Å²) >= 11 is 5.86. The number of para-hydroxylation sites is 1. The molecular formula is C23H26ClN3O5S. The molecule has 0 bridgehead atoms. The van der Waals surface area contributed by atoms with E-state index in [9.17, 15) is 23.1 Å². The number of nitrogens with zero attached hydrogens (tertiary/aromatic N) is 3. The Bertz CT molecular complexity index is 1120. The van der Waals surface area contributed by atoms with E-state index in [1.165, 1.54) is 22.5 Å². The summed E-state index contributed by atoms with van der Waals surface area (Å²) < 4.78 is 27.1. The Kier molecular flexibility index (Phi) is 6.92. The van der Waals surface area contributed by atoms with Crippen molar-refractivity contribution in [2.75, 3.05) is 39.3 Å². The van der Waals surface area contributed by atoms with E-state index in [1.807, 2.05) is 0 Å². The van der Waals surface area contributed by atoms with Crippen LogP contribution >= 0.6 is 11.6 Å². The second-order valence-electron chi connectivity index (χ2n) is 8.27. The van der Waals surface area contributed by atoms with Crippen LogP contribution in [0.25, 0.3) is 0 Å². The number of amides is 2. The molecule has 8 nitrogen and oxygen atoms in total. The van der Waals surface area contributed by atoms with Crippen molar-refractivity contribution < 1.29 is 23.1 Å². The summed E-state index contributed by atoms with van der Waals surface area (Å²) in [5.41, 5.74) is 0.256. The predicted molar refractivity (Wildman–Crippen MR) is 124 cm³/mol. The third-order valence-corrected chi connectivity index (χ3v) is 8.43. The molecule has 176 valence electrons. The van der Waals surface area contributed by atoms with Crippen molar-refractivity contribution >= 4 is 33.4 Å². The molecule has 2 aromatic carbocycles. The second-order valence-corrected chi connectivity index (χ2v) is 10.6. The topological polar surface area (TPSA) is 98.2 Å². The molecule has 0 saturated carbocycles. The fraction of sp³-hybridized carbons (Fsp3) is 0.391. The predicted octanol–water partition coefficient (Wildman–Crippen LogP) is 2.43. The number of phenolic OH excluding ortho intramolecular Hbond substituents is 1. The summed E-state index contributed by atoms with van der Waals surface area (Å²) in [4.78, 5) is 29.3. The van der Waals surface area contributed by atoms with E-state index in [2.05, 4.69) is 0 Å². The molecule has 2 aliphatic heterocycles. The lowest BCUT2D eigenvalue weighted by Gasteiger charge is -2.38. The minimum atomic E-state index is -3.61. The SMILES string of the molecule is O=C(c1ccccc1O)N1CCN(C(=O)C2CCN(S(=O)(=O)c3ccc(Cl)cc3)CC2)CC1. The van der Waals surface area contributed by atoms with Crippen molar-refractivity contribution in [3.63, 3.8) is 0 Å². The minimum absolute atomic E-state index is 0.00759. The molecule has 1 N–H and O–H groups in total. The van der Waals surface area contributed by atoms with Crippen molar-refractivity contribution in [2.45, 2.75) is 17.7 Å². The van der Waals surface area contributed by atoms with Gasteiger partial charge in [-0.25, -0.2) is 8.42 Å². The van der Waals surface area contributed by atoms with E-state index in [0.717, 1.165) is 0 Å². The molecule has 2 heterocycles. The van der Waals surface area contributed by atoms with Gasteiger partial charge in [-0.15, -0.1) is 0 Å². The molecular weight excluding hydrogens is 466 g/mol. The van der Waals surface area contributed by atoms with Crippen LogP contribution in [0.5, 0.6) is 5.75 Å². The summed E-state index contributed by atoms with van der Waals surface area (Å²) in [6, 6.07) is 12.5. The van der Waals surface area contributed by atoms with Crippen molar-refractivity contribution in [3.05, 3.63) is 59.1 Å². The van der Waals surface area contributed by atoms with E-state index in [4.69, 9.17) is 11.6 Å². The van der Waals surface area contributed by atoms with E-state index in [0.29, 0.717) is 44.0 Å². The zero-order valence-electron chi connectivity index (χ0n) is 18.1. The van der Waals surface area contributed by atoms with Gasteiger partial charge >= 0.3 is 0 Å². The zero-order valence-corrected chi connectivity index (χ0v) is 19.6. The summed E-state index contributed by atoms with van der Waals surface area (Å²) in [5, 5.41) is 10.4. The number of phenols is 1. The van der Waals surface area contributed by atoms with Gasteiger partial charge in [0.1, 0.15) is 5.75 Å². The van der Waals surface area contributed by atoms with Gasteiger partial charge in [-0.3, -0.25) is 9.59 Å². The monoisotopic (exact) mass is 491 g/mol. The molecule has 4 rings (SSSR count). The van der Waals surface area contributed by atoms with Gasteiger partial charge in [-0.2, -0.15) is 4.31 Å². The van der Waals surface area contributed by atoms with Crippen LogP contribution in [-0.2, 0) is 14.8 Å². The van der Waals surface area contributed by atoms with E-state index < -0.39 is 10.0 Å². The summed E-state index contributed by atoms with van der Waals surface area (Å²) in [5.74, 6) is -0.530. The molecule has 0 atom stereocenters. The van der Waals surface area contributed by atoms with Crippen LogP contribution in [0.1, 0.15) is 23.2 Å². The maximum Gasteiger partial charge on any atom is 0.257 e. The number of rotatable bonds is 4. The van der Waals surface area contributed by atoms with Gasteiger partial charge in [0.15, 0.2) is 0 Å². The number of hydrogen-bond acceptors (Lipinski definition) is 5. The lowest BCUT2D eigenvalue weighted by Crippen LogP contribution is -2.53. The minimum Gasteiger partial charge on any atom is -0.507 e. The number of piperidine rings is 1. The maximum atomic E-state index is 13.0. The average Bonchev–Trinajstić information content (AvgIpc) is 2.84. The standard InChI is InChI=1S/C23H26ClN3O5S/c24-18-5-7-19(8-6-18)33(31,32)27-11-9-17(10-12-27)22(29)25-13-15-26(16-14-25)23(30)20-3-1-2-4-21(20)28/h1-8,17,28H,9-16H2. The Morgan fingerprint density at radius 1 is 0.848 bits per heavy atom. The third-order valence-electron chi connectivity index (χ3n) is 6.27. The summed E-state index contributed by atoms with van der Waals surface area (Å²) in [6.45, 7) is 2.19. The van der Waals surface area contributed by atoms with Gasteiger partial charge < -0.3 is 14.9 Å². The van der Waals surface area contributed by atoms with Crippen LogP contribution in [-0.4, -0.2) is 78.7 Å². The molecule has 0 radical (unpaired) electrons. The fourth-order valence-corrected chi connectivity index (χ4v) is 5.91. The first-order valence-electron chi connectivity index (χ1n) is 10.9. The van der Waals surface area contributed by atoms with Crippen LogP contribution in [0.15, 0.2) is 53.4 Å². The maximum absolute atomic E-state index is 13.0. The van der Waals surface area contributed by atoms with Crippen LogP contribution in [0.3, 0.4) is 0 Å². The van der Waals surface area contributed by atoms with Crippen LogP contribution < -0.4 is 0 Å². The van der Waals surface area contributed by atoms with Gasteiger partial charge in [0.2, 0.25) is 15.9 Å². The van der Waals surface area contributed by atoms with Crippen molar-refractivity contribution in [2.24, 2.45) is 5.92 Å². The Morgan fingerprint density at radius 3 is 2.03 bits per heavy atom. The number of carbonyl (C=O) groups is 2. The molecule has 0 aromatic heterocycles. The number of sulfonamides is 1. The summed E-state index contributed by atoms with van der Waals surface area (Å²) in [7, 11) is -3.61. The van der Waals surface area contributed by atoms with Crippen molar-refractivity contribution in [1.29, 1.82) is 0 Å². The largest absolute Gasteiger partial charge is 0.507 e. The van der Waals surface area contributed by atoms with Crippen molar-refractivity contribution in [1.82, 2.24) is 14.1 Å².